The van der Waals surface area contributed by atoms with Crippen molar-refractivity contribution in [1.29, 1.82) is 0 Å². The zero-order chi connectivity index (χ0) is 22.0. The van der Waals surface area contributed by atoms with Crippen molar-refractivity contribution < 1.29 is 4.79 Å². The molecule has 1 aliphatic heterocycles. The Morgan fingerprint density at radius 1 is 1.31 bits per heavy atom. The molecule has 0 bridgehead atoms. The Hall–Kier alpha value is -3.10. The van der Waals surface area contributed by atoms with Crippen molar-refractivity contribution >= 4 is 22.9 Å². The van der Waals surface area contributed by atoms with Crippen LogP contribution in [-0.2, 0) is 0 Å². The third kappa shape index (κ3) is 4.03. The van der Waals surface area contributed by atoms with Gasteiger partial charge in [0.25, 0.3) is 5.91 Å². The van der Waals surface area contributed by atoms with Crippen LogP contribution in [0.2, 0.25) is 0 Å². The Bertz CT molecular complexity index is 1230. The summed E-state index contributed by atoms with van der Waals surface area (Å²) in [5.74, 6) is -0.0819. The van der Waals surface area contributed by atoms with Crippen LogP contribution < -0.4 is 10.6 Å². The lowest BCUT2D eigenvalue weighted by Gasteiger charge is -2.29. The smallest absolute Gasteiger partial charge is 0.251 e. The van der Waals surface area contributed by atoms with E-state index in [1.165, 1.54) is 0 Å². The zero-order valence-electron chi connectivity index (χ0n) is 18.0. The molecule has 0 radical (unpaired) electrons. The molecule has 0 spiro atoms. The predicted octanol–water partition coefficient (Wildman–Crippen LogP) is 4.17. The van der Waals surface area contributed by atoms with E-state index in [4.69, 9.17) is 4.98 Å². The van der Waals surface area contributed by atoms with Crippen molar-refractivity contribution in [1.82, 2.24) is 30.2 Å². The molecule has 32 heavy (non-hydrogen) atoms. The molecular formula is C24H26N6OS. The van der Waals surface area contributed by atoms with Gasteiger partial charge >= 0.3 is 0 Å². The van der Waals surface area contributed by atoms with Crippen molar-refractivity contribution in [2.24, 2.45) is 0 Å². The molecule has 5 rings (SSSR count). The number of rotatable bonds is 7. The molecule has 7 nitrogen and oxygen atoms in total. The Balaban J connectivity index is 1.40. The van der Waals surface area contributed by atoms with E-state index in [0.29, 0.717) is 17.8 Å². The maximum atomic E-state index is 12.9. The summed E-state index contributed by atoms with van der Waals surface area (Å²) in [5.41, 5.74) is 3.72. The first-order valence-corrected chi connectivity index (χ1v) is 11.9. The molecule has 8 heteroatoms. The molecule has 1 amide bonds. The summed E-state index contributed by atoms with van der Waals surface area (Å²) in [5, 5.41) is 13.2. The molecule has 1 aliphatic rings. The second kappa shape index (κ2) is 8.80. The molecule has 4 aromatic rings. The number of hydrogen-bond acceptors (Lipinski definition) is 6. The van der Waals surface area contributed by atoms with Crippen molar-refractivity contribution in [3.8, 4) is 21.8 Å². The van der Waals surface area contributed by atoms with Gasteiger partial charge in [0, 0.05) is 30.0 Å². The van der Waals surface area contributed by atoms with Crippen LogP contribution in [-0.4, -0.2) is 44.1 Å². The SMILES string of the molecule is CCC[C@@]1(CNC(=O)c2ccnc(-c3cnn4ccc(-c5cccs5)nc34)c2)CCCN1. The predicted molar refractivity (Wildman–Crippen MR) is 127 cm³/mol. The molecule has 5 heterocycles. The van der Waals surface area contributed by atoms with Crippen molar-refractivity contribution in [2.75, 3.05) is 13.1 Å². The lowest BCUT2D eigenvalue weighted by Crippen LogP contribution is -2.49. The number of carbonyl (C=O) groups excluding carboxylic acids is 1. The first-order valence-electron chi connectivity index (χ1n) is 11.1. The van der Waals surface area contributed by atoms with Crippen LogP contribution in [0.15, 0.2) is 54.3 Å². The fourth-order valence-electron chi connectivity index (χ4n) is 4.48. The lowest BCUT2D eigenvalue weighted by atomic mass is 9.92. The first kappa shape index (κ1) is 20.8. The van der Waals surface area contributed by atoms with Gasteiger partial charge in [-0.1, -0.05) is 19.4 Å². The molecule has 2 N–H and O–H groups in total. The summed E-state index contributed by atoms with van der Waals surface area (Å²) in [4.78, 5) is 23.4. The summed E-state index contributed by atoms with van der Waals surface area (Å²) < 4.78 is 1.74. The molecule has 0 aromatic carbocycles. The van der Waals surface area contributed by atoms with Gasteiger partial charge in [-0.25, -0.2) is 9.50 Å². The highest BCUT2D eigenvalue weighted by molar-refractivity contribution is 7.13. The molecule has 164 valence electrons. The highest BCUT2D eigenvalue weighted by Crippen LogP contribution is 2.27. The third-order valence-corrected chi connectivity index (χ3v) is 6.98. The maximum Gasteiger partial charge on any atom is 0.251 e. The minimum Gasteiger partial charge on any atom is -0.350 e. The zero-order valence-corrected chi connectivity index (χ0v) is 18.9. The number of carbonyl (C=O) groups is 1. The lowest BCUT2D eigenvalue weighted by molar-refractivity contribution is 0.0939. The summed E-state index contributed by atoms with van der Waals surface area (Å²) in [6, 6.07) is 9.59. The van der Waals surface area contributed by atoms with Gasteiger partial charge in [0.1, 0.15) is 0 Å². The van der Waals surface area contributed by atoms with Gasteiger partial charge in [-0.2, -0.15) is 5.10 Å². The highest BCUT2D eigenvalue weighted by Gasteiger charge is 2.32. The average molecular weight is 447 g/mol. The van der Waals surface area contributed by atoms with E-state index in [1.54, 1.807) is 34.3 Å². The Morgan fingerprint density at radius 3 is 3.03 bits per heavy atom. The number of aromatic nitrogens is 4. The Labute approximate surface area is 190 Å². The molecular weight excluding hydrogens is 420 g/mol. The molecule has 1 fully saturated rings. The van der Waals surface area contributed by atoms with Gasteiger partial charge in [-0.05, 0) is 55.5 Å². The summed E-state index contributed by atoms with van der Waals surface area (Å²) >= 11 is 1.65. The summed E-state index contributed by atoms with van der Waals surface area (Å²) in [6.07, 6.45) is 9.75. The second-order valence-electron chi connectivity index (χ2n) is 8.29. The first-order chi connectivity index (χ1) is 15.7. The molecule has 0 unspecified atom stereocenters. The Kier molecular flexibility index (Phi) is 5.71. The summed E-state index contributed by atoms with van der Waals surface area (Å²) in [6.45, 7) is 3.84. The van der Waals surface area contributed by atoms with E-state index in [0.717, 1.165) is 54.0 Å². The van der Waals surface area contributed by atoms with Gasteiger partial charge in [-0.15, -0.1) is 11.3 Å². The Morgan fingerprint density at radius 2 is 2.25 bits per heavy atom. The minimum absolute atomic E-state index is 0.0187. The van der Waals surface area contributed by atoms with Crippen LogP contribution in [0.5, 0.6) is 0 Å². The second-order valence-corrected chi connectivity index (χ2v) is 9.24. The van der Waals surface area contributed by atoms with Crippen LogP contribution in [0.25, 0.3) is 27.5 Å². The van der Waals surface area contributed by atoms with E-state index >= 15 is 0 Å². The van der Waals surface area contributed by atoms with Crippen LogP contribution in [0, 0.1) is 0 Å². The van der Waals surface area contributed by atoms with Gasteiger partial charge in [-0.3, -0.25) is 9.78 Å². The van der Waals surface area contributed by atoms with Crippen molar-refractivity contribution in [3.63, 3.8) is 0 Å². The quantitative estimate of drug-likeness (QED) is 0.445. The van der Waals surface area contributed by atoms with Crippen LogP contribution >= 0.6 is 11.3 Å². The van der Waals surface area contributed by atoms with E-state index < -0.39 is 0 Å². The maximum absolute atomic E-state index is 12.9. The molecule has 1 saturated heterocycles. The number of pyridine rings is 1. The molecule has 0 aliphatic carbocycles. The van der Waals surface area contributed by atoms with E-state index in [2.05, 4.69) is 27.6 Å². The van der Waals surface area contributed by atoms with Crippen LogP contribution in [0.4, 0.5) is 0 Å². The number of hydrogen-bond donors (Lipinski definition) is 2. The molecule has 0 saturated carbocycles. The van der Waals surface area contributed by atoms with Gasteiger partial charge < -0.3 is 10.6 Å². The van der Waals surface area contributed by atoms with Crippen molar-refractivity contribution in [3.05, 3.63) is 59.9 Å². The normalized spacial score (nSPS) is 18.3. The minimum atomic E-state index is -0.0819. The highest BCUT2D eigenvalue weighted by atomic mass is 32.1. The number of fused-ring (bicyclic) bond motifs is 1. The van der Waals surface area contributed by atoms with Crippen LogP contribution in [0.1, 0.15) is 43.0 Å². The van der Waals surface area contributed by atoms with Crippen LogP contribution in [0.3, 0.4) is 0 Å². The average Bonchev–Trinajstić information content (AvgIpc) is 3.58. The number of amides is 1. The molecule has 1 atom stereocenters. The monoisotopic (exact) mass is 446 g/mol. The van der Waals surface area contributed by atoms with Gasteiger partial charge in [0.2, 0.25) is 0 Å². The van der Waals surface area contributed by atoms with E-state index in [1.807, 2.05) is 35.8 Å². The molecule has 4 aromatic heterocycles. The summed E-state index contributed by atoms with van der Waals surface area (Å²) in [7, 11) is 0. The van der Waals surface area contributed by atoms with Crippen molar-refractivity contribution in [2.45, 2.75) is 38.1 Å². The largest absolute Gasteiger partial charge is 0.350 e. The number of nitrogens with one attached hydrogen (secondary N) is 2. The topological polar surface area (TPSA) is 84.2 Å². The van der Waals surface area contributed by atoms with E-state index in [-0.39, 0.29) is 11.4 Å². The fourth-order valence-corrected chi connectivity index (χ4v) is 5.18. The standard InChI is InChI=1S/C24H26N6OS/c1-2-8-24(9-4-10-27-24)16-26-23(31)17-6-11-25-20(14-17)18-15-28-30-12-7-19(29-22(18)30)21-5-3-13-32-21/h3,5-7,11-15,27H,2,4,8-10,16H2,1H3,(H,26,31)/t24-/m0/s1. The number of thiophene rings is 1. The van der Waals surface area contributed by atoms with Gasteiger partial charge in [0.05, 0.1) is 28.0 Å². The number of nitrogens with zero attached hydrogens (tertiary/aromatic N) is 4. The van der Waals surface area contributed by atoms with Gasteiger partial charge in [0.15, 0.2) is 5.65 Å². The van der Waals surface area contributed by atoms with E-state index in [9.17, 15) is 4.79 Å². The third-order valence-electron chi connectivity index (χ3n) is 6.09. The fraction of sp³-hybridized carbons (Fsp3) is 0.333.